The van der Waals surface area contributed by atoms with Crippen molar-refractivity contribution in [3.05, 3.63) is 39.3 Å². The van der Waals surface area contributed by atoms with Crippen LogP contribution in [0.25, 0.3) is 10.2 Å². The highest BCUT2D eigenvalue weighted by Crippen LogP contribution is 2.40. The lowest BCUT2D eigenvalue weighted by atomic mass is 9.97. The minimum Gasteiger partial charge on any atom is -0.355 e. The van der Waals surface area contributed by atoms with Crippen molar-refractivity contribution in [2.45, 2.75) is 63.7 Å². The number of ketones is 2. The molecular weight excluding hydrogens is 390 g/mol. The van der Waals surface area contributed by atoms with Crippen LogP contribution in [0.4, 0.5) is 0 Å². The van der Waals surface area contributed by atoms with E-state index < -0.39 is 0 Å². The minimum absolute atomic E-state index is 0.00559. The van der Waals surface area contributed by atoms with Gasteiger partial charge in [-0.3, -0.25) is 9.59 Å². The smallest absolute Gasteiger partial charge is 0.192 e. The summed E-state index contributed by atoms with van der Waals surface area (Å²) in [5.74, 6) is -0.0259. The lowest BCUT2D eigenvalue weighted by Gasteiger charge is -2.13. The van der Waals surface area contributed by atoms with Crippen molar-refractivity contribution in [2.75, 3.05) is 0 Å². The van der Waals surface area contributed by atoms with E-state index in [9.17, 15) is 9.59 Å². The second-order valence-electron chi connectivity index (χ2n) is 7.38. The molecule has 1 aliphatic carbocycles. The average Bonchev–Trinajstić information content (AvgIpc) is 3.18. The summed E-state index contributed by atoms with van der Waals surface area (Å²) < 4.78 is 0. The van der Waals surface area contributed by atoms with Gasteiger partial charge in [-0.1, -0.05) is 11.8 Å². The molecule has 3 heterocycles. The van der Waals surface area contributed by atoms with Crippen LogP contribution in [0.3, 0.4) is 0 Å². The van der Waals surface area contributed by atoms with Crippen molar-refractivity contribution >= 4 is 44.9 Å². The van der Waals surface area contributed by atoms with Gasteiger partial charge in [0.1, 0.15) is 16.2 Å². The molecule has 28 heavy (non-hydrogen) atoms. The molecule has 3 aromatic rings. The summed E-state index contributed by atoms with van der Waals surface area (Å²) in [5, 5.41) is 1.71. The maximum Gasteiger partial charge on any atom is 0.192 e. The zero-order valence-corrected chi connectivity index (χ0v) is 18.1. The van der Waals surface area contributed by atoms with Gasteiger partial charge in [-0.05, 0) is 64.5 Å². The summed E-state index contributed by atoms with van der Waals surface area (Å²) in [6.45, 7) is 7.11. The van der Waals surface area contributed by atoms with E-state index in [1.165, 1.54) is 42.0 Å². The monoisotopic (exact) mass is 413 g/mol. The molecule has 0 fully saturated rings. The van der Waals surface area contributed by atoms with Gasteiger partial charge in [-0.15, -0.1) is 11.3 Å². The fraction of sp³-hybridized carbons (Fsp3) is 0.429. The molecule has 0 unspecified atom stereocenters. The van der Waals surface area contributed by atoms with E-state index in [4.69, 9.17) is 0 Å². The maximum atomic E-state index is 13.1. The quantitative estimate of drug-likeness (QED) is 0.358. The van der Waals surface area contributed by atoms with Gasteiger partial charge in [0.2, 0.25) is 0 Å². The van der Waals surface area contributed by atoms with E-state index in [0.717, 1.165) is 39.3 Å². The Morgan fingerprint density at radius 1 is 1.21 bits per heavy atom. The highest BCUT2D eigenvalue weighted by molar-refractivity contribution is 8.00. The van der Waals surface area contributed by atoms with Crippen LogP contribution in [0.1, 0.15) is 69.2 Å². The fourth-order valence-corrected chi connectivity index (χ4v) is 6.40. The molecule has 0 radical (unpaired) electrons. The highest BCUT2D eigenvalue weighted by Gasteiger charge is 2.26. The van der Waals surface area contributed by atoms with Gasteiger partial charge >= 0.3 is 0 Å². The molecule has 0 amide bonds. The predicted octanol–water partition coefficient (Wildman–Crippen LogP) is 5.08. The number of fused-ring (bicyclic) bond motifs is 3. The van der Waals surface area contributed by atoms with Gasteiger partial charge in [0.15, 0.2) is 11.6 Å². The lowest BCUT2D eigenvalue weighted by Crippen LogP contribution is -2.15. The van der Waals surface area contributed by atoms with Gasteiger partial charge in [0, 0.05) is 21.5 Å². The summed E-state index contributed by atoms with van der Waals surface area (Å²) in [6, 6.07) is 0. The van der Waals surface area contributed by atoms with E-state index in [1.807, 2.05) is 20.8 Å². The van der Waals surface area contributed by atoms with Crippen molar-refractivity contribution in [2.24, 2.45) is 0 Å². The molecule has 0 bridgehead atoms. The molecule has 1 N–H and O–H groups in total. The Bertz CT molecular complexity index is 1100. The van der Waals surface area contributed by atoms with Crippen molar-refractivity contribution < 1.29 is 9.59 Å². The van der Waals surface area contributed by atoms with Gasteiger partial charge in [-0.25, -0.2) is 9.97 Å². The van der Waals surface area contributed by atoms with Crippen LogP contribution in [0.5, 0.6) is 0 Å². The maximum absolute atomic E-state index is 13.1. The molecule has 0 spiro atoms. The third kappa shape index (κ3) is 3.20. The third-order valence-electron chi connectivity index (χ3n) is 5.41. The Morgan fingerprint density at radius 2 is 1.96 bits per heavy atom. The molecule has 7 heteroatoms. The molecule has 0 aliphatic heterocycles. The first-order valence-electron chi connectivity index (χ1n) is 9.54. The Hall–Kier alpha value is -1.99. The number of aryl methyl sites for hydroxylation is 3. The number of thiophene rings is 1. The van der Waals surface area contributed by atoms with Crippen LogP contribution in [0.15, 0.2) is 11.4 Å². The van der Waals surface area contributed by atoms with Crippen LogP contribution in [0.2, 0.25) is 0 Å². The first kappa shape index (κ1) is 19.3. The zero-order valence-electron chi connectivity index (χ0n) is 16.5. The number of carbonyl (C=O) groups excluding carboxylic acids is 2. The molecule has 4 rings (SSSR count). The molecule has 146 valence electrons. The number of hydrogen-bond acceptors (Lipinski definition) is 6. The van der Waals surface area contributed by atoms with Gasteiger partial charge < -0.3 is 4.98 Å². The Balaban J connectivity index is 1.67. The van der Waals surface area contributed by atoms with Crippen molar-refractivity contribution in [1.29, 1.82) is 0 Å². The number of aromatic nitrogens is 3. The molecule has 0 saturated carbocycles. The minimum atomic E-state index is -0.311. The number of rotatable bonds is 5. The average molecular weight is 414 g/mol. The number of nitrogens with one attached hydrogen (secondary N) is 1. The van der Waals surface area contributed by atoms with Crippen LogP contribution < -0.4 is 0 Å². The normalized spacial score (nSPS) is 14.9. The molecule has 0 saturated heterocycles. The Kier molecular flexibility index (Phi) is 5.14. The molecule has 3 aromatic heterocycles. The number of thioether (sulfide) groups is 1. The SMILES string of the molecule is CC(=O)c1c(C)[nH]c(C(=O)[C@@H](C)Sc2ncnc3sc4c(c23)CCCC4)c1C. The van der Waals surface area contributed by atoms with E-state index in [1.54, 1.807) is 17.7 Å². The molecule has 1 aliphatic rings. The lowest BCUT2D eigenvalue weighted by molar-refractivity contribution is 0.0988. The summed E-state index contributed by atoms with van der Waals surface area (Å²) >= 11 is 3.25. The topological polar surface area (TPSA) is 75.7 Å². The van der Waals surface area contributed by atoms with Crippen LogP contribution >= 0.6 is 23.1 Å². The Morgan fingerprint density at radius 3 is 2.68 bits per heavy atom. The number of hydrogen-bond donors (Lipinski definition) is 1. The van der Waals surface area contributed by atoms with Gasteiger partial charge in [0.05, 0.1) is 10.9 Å². The van der Waals surface area contributed by atoms with Gasteiger partial charge in [0.25, 0.3) is 0 Å². The van der Waals surface area contributed by atoms with E-state index >= 15 is 0 Å². The van der Waals surface area contributed by atoms with Crippen LogP contribution in [-0.4, -0.2) is 31.8 Å². The number of nitrogens with zero attached hydrogens (tertiary/aromatic N) is 2. The summed E-state index contributed by atoms with van der Waals surface area (Å²) in [6.07, 6.45) is 6.20. The van der Waals surface area contributed by atoms with E-state index in [0.29, 0.717) is 11.3 Å². The van der Waals surface area contributed by atoms with Crippen molar-refractivity contribution in [3.8, 4) is 0 Å². The first-order valence-corrected chi connectivity index (χ1v) is 11.2. The highest BCUT2D eigenvalue weighted by atomic mass is 32.2. The summed E-state index contributed by atoms with van der Waals surface area (Å²) in [4.78, 5) is 39.6. The number of H-pyrrole nitrogens is 1. The zero-order chi connectivity index (χ0) is 20.0. The van der Waals surface area contributed by atoms with Gasteiger partial charge in [-0.2, -0.15) is 0 Å². The number of Topliss-reactive ketones (excluding diaryl/α,β-unsaturated/α-hetero) is 2. The molecule has 5 nitrogen and oxygen atoms in total. The second kappa shape index (κ2) is 7.44. The summed E-state index contributed by atoms with van der Waals surface area (Å²) in [7, 11) is 0. The predicted molar refractivity (Wildman–Crippen MR) is 114 cm³/mol. The standard InChI is InChI=1S/C21H23N3O2S2/c1-10-16(12(3)25)11(2)24-18(10)19(26)13(4)27-20-17-14-7-5-6-8-15(14)28-21(17)23-9-22-20/h9,13,24H,5-8H2,1-4H3/t13-/m1/s1. The number of aromatic amines is 1. The molecule has 0 aromatic carbocycles. The van der Waals surface area contributed by atoms with Crippen molar-refractivity contribution in [3.63, 3.8) is 0 Å². The molecule has 1 atom stereocenters. The fourth-order valence-electron chi connectivity index (χ4n) is 4.10. The van der Waals surface area contributed by atoms with Crippen LogP contribution in [0, 0.1) is 13.8 Å². The van der Waals surface area contributed by atoms with Crippen molar-refractivity contribution in [1.82, 2.24) is 15.0 Å². The Labute approximate surface area is 172 Å². The van der Waals surface area contributed by atoms with Crippen LogP contribution in [-0.2, 0) is 12.8 Å². The largest absolute Gasteiger partial charge is 0.355 e. The second-order valence-corrected chi connectivity index (χ2v) is 9.79. The first-order chi connectivity index (χ1) is 13.4. The van der Waals surface area contributed by atoms with E-state index in [-0.39, 0.29) is 16.8 Å². The number of carbonyl (C=O) groups is 2. The summed E-state index contributed by atoms with van der Waals surface area (Å²) in [5.41, 5.74) is 4.02. The third-order valence-corrected chi connectivity index (χ3v) is 7.71. The van der Waals surface area contributed by atoms with E-state index in [2.05, 4.69) is 15.0 Å². The molecular formula is C21H23N3O2S2.